The van der Waals surface area contributed by atoms with Crippen molar-refractivity contribution in [3.63, 3.8) is 0 Å². The monoisotopic (exact) mass is 326 g/mol. The fraction of sp³-hybridized carbons (Fsp3) is 0.111. The van der Waals surface area contributed by atoms with Crippen LogP contribution in [-0.2, 0) is 4.79 Å². The minimum absolute atomic E-state index is 0.247. The van der Waals surface area contributed by atoms with E-state index in [0.29, 0.717) is 16.5 Å². The van der Waals surface area contributed by atoms with Gasteiger partial charge in [-0.15, -0.1) is 0 Å². The number of carbonyl (C=O) groups is 1. The molecule has 1 heterocycles. The van der Waals surface area contributed by atoms with Crippen LogP contribution in [0, 0.1) is 0 Å². The highest BCUT2D eigenvalue weighted by molar-refractivity contribution is 6.30. The molecule has 1 atom stereocenters. The van der Waals surface area contributed by atoms with Gasteiger partial charge in [-0.2, -0.15) is 0 Å². The van der Waals surface area contributed by atoms with Gasteiger partial charge in [-0.05, 0) is 37.3 Å². The van der Waals surface area contributed by atoms with Gasteiger partial charge < -0.3 is 10.1 Å². The van der Waals surface area contributed by atoms with E-state index in [2.05, 4.69) is 10.3 Å². The number of rotatable bonds is 4. The van der Waals surface area contributed by atoms with Crippen LogP contribution in [0.2, 0.25) is 5.02 Å². The summed E-state index contributed by atoms with van der Waals surface area (Å²) < 4.78 is 5.62. The second-order valence-electron chi connectivity index (χ2n) is 5.09. The lowest BCUT2D eigenvalue weighted by atomic mass is 10.2. The summed E-state index contributed by atoms with van der Waals surface area (Å²) in [6.45, 7) is 1.69. The van der Waals surface area contributed by atoms with E-state index in [4.69, 9.17) is 16.3 Å². The lowest BCUT2D eigenvalue weighted by Crippen LogP contribution is -2.30. The van der Waals surface area contributed by atoms with Crippen molar-refractivity contribution in [2.24, 2.45) is 0 Å². The van der Waals surface area contributed by atoms with Crippen molar-refractivity contribution in [1.29, 1.82) is 0 Å². The number of nitrogens with one attached hydrogen (secondary N) is 1. The Morgan fingerprint density at radius 2 is 1.96 bits per heavy atom. The van der Waals surface area contributed by atoms with Gasteiger partial charge in [-0.1, -0.05) is 35.9 Å². The molecule has 0 aliphatic carbocycles. The molecule has 3 rings (SSSR count). The highest BCUT2D eigenvalue weighted by Gasteiger charge is 2.16. The number of nitrogens with zero attached hydrogens (tertiary/aromatic N) is 1. The minimum atomic E-state index is -0.660. The maximum atomic E-state index is 12.3. The third-order valence-corrected chi connectivity index (χ3v) is 3.60. The van der Waals surface area contributed by atoms with Crippen LogP contribution in [0.3, 0.4) is 0 Å². The van der Waals surface area contributed by atoms with Gasteiger partial charge in [0.25, 0.3) is 5.91 Å². The maximum Gasteiger partial charge on any atom is 0.265 e. The molecule has 1 N–H and O–H groups in total. The first-order valence-electron chi connectivity index (χ1n) is 7.20. The molecule has 0 bridgehead atoms. The molecule has 0 spiro atoms. The lowest BCUT2D eigenvalue weighted by Gasteiger charge is -2.15. The van der Waals surface area contributed by atoms with Crippen LogP contribution in [0.25, 0.3) is 10.9 Å². The third-order valence-electron chi connectivity index (χ3n) is 3.37. The number of benzene rings is 2. The van der Waals surface area contributed by atoms with E-state index in [1.165, 1.54) is 0 Å². The largest absolute Gasteiger partial charge is 0.481 e. The van der Waals surface area contributed by atoms with Crippen LogP contribution in [0.4, 0.5) is 5.69 Å². The number of carbonyl (C=O) groups excluding carboxylic acids is 1. The molecule has 3 aromatic rings. The second kappa shape index (κ2) is 6.67. The molecule has 23 heavy (non-hydrogen) atoms. The Balaban J connectivity index is 1.75. The molecule has 0 saturated heterocycles. The predicted molar refractivity (Wildman–Crippen MR) is 91.9 cm³/mol. The smallest absolute Gasteiger partial charge is 0.265 e. The summed E-state index contributed by atoms with van der Waals surface area (Å²) in [7, 11) is 0. The Bertz CT molecular complexity index is 846. The average molecular weight is 327 g/mol. The molecular formula is C18H15ClN2O2. The van der Waals surface area contributed by atoms with Gasteiger partial charge in [0.15, 0.2) is 6.10 Å². The highest BCUT2D eigenvalue weighted by Crippen LogP contribution is 2.22. The van der Waals surface area contributed by atoms with Crippen molar-refractivity contribution >= 4 is 34.1 Å². The van der Waals surface area contributed by atoms with Crippen LogP contribution in [0.15, 0.2) is 60.8 Å². The molecule has 0 aliphatic heterocycles. The Kier molecular flexibility index (Phi) is 4.44. The number of hydrogen-bond acceptors (Lipinski definition) is 3. The molecule has 116 valence electrons. The summed E-state index contributed by atoms with van der Waals surface area (Å²) in [4.78, 5) is 16.7. The Hall–Kier alpha value is -2.59. The fourth-order valence-corrected chi connectivity index (χ4v) is 2.42. The number of para-hydroxylation sites is 1. The standard InChI is InChI=1S/C18H15ClN2O2/c1-12(23-15-8-3-7-14(19)11-15)18(22)21-16-9-2-5-13-6-4-10-20-17(13)16/h2-12H,1H3,(H,21,22)/t12-/m0/s1. The van der Waals surface area contributed by atoms with Crippen molar-refractivity contribution in [2.45, 2.75) is 13.0 Å². The fourth-order valence-electron chi connectivity index (χ4n) is 2.24. The number of fused-ring (bicyclic) bond motifs is 1. The predicted octanol–water partition coefficient (Wildman–Crippen LogP) is 4.29. The molecule has 0 unspecified atom stereocenters. The summed E-state index contributed by atoms with van der Waals surface area (Å²) >= 11 is 5.91. The van der Waals surface area contributed by atoms with E-state index < -0.39 is 6.10 Å². The maximum absolute atomic E-state index is 12.3. The molecule has 1 aromatic heterocycles. The lowest BCUT2D eigenvalue weighted by molar-refractivity contribution is -0.122. The summed E-state index contributed by atoms with van der Waals surface area (Å²) in [5, 5.41) is 4.39. The number of pyridine rings is 1. The van der Waals surface area contributed by atoms with E-state index in [-0.39, 0.29) is 5.91 Å². The van der Waals surface area contributed by atoms with Crippen LogP contribution in [-0.4, -0.2) is 17.0 Å². The van der Waals surface area contributed by atoms with E-state index in [1.54, 1.807) is 37.4 Å². The zero-order valence-electron chi connectivity index (χ0n) is 12.5. The highest BCUT2D eigenvalue weighted by atomic mass is 35.5. The first-order valence-corrected chi connectivity index (χ1v) is 7.58. The number of aromatic nitrogens is 1. The number of anilines is 1. The zero-order valence-corrected chi connectivity index (χ0v) is 13.2. The number of amides is 1. The van der Waals surface area contributed by atoms with Crippen molar-refractivity contribution in [1.82, 2.24) is 4.98 Å². The van der Waals surface area contributed by atoms with Gasteiger partial charge in [0.1, 0.15) is 5.75 Å². The van der Waals surface area contributed by atoms with Crippen LogP contribution in [0.5, 0.6) is 5.75 Å². The number of halogens is 1. The molecule has 0 aliphatic rings. The third kappa shape index (κ3) is 3.60. The van der Waals surface area contributed by atoms with Crippen molar-refractivity contribution < 1.29 is 9.53 Å². The van der Waals surface area contributed by atoms with Gasteiger partial charge in [-0.25, -0.2) is 0 Å². The van der Waals surface area contributed by atoms with Crippen LogP contribution in [0.1, 0.15) is 6.92 Å². The van der Waals surface area contributed by atoms with Gasteiger partial charge >= 0.3 is 0 Å². The van der Waals surface area contributed by atoms with Crippen molar-refractivity contribution in [2.75, 3.05) is 5.32 Å². The van der Waals surface area contributed by atoms with Crippen LogP contribution >= 0.6 is 11.6 Å². The Labute approximate surface area is 139 Å². The molecule has 5 heteroatoms. The first-order chi connectivity index (χ1) is 11.1. The molecule has 0 radical (unpaired) electrons. The molecule has 2 aromatic carbocycles. The minimum Gasteiger partial charge on any atom is -0.481 e. The quantitative estimate of drug-likeness (QED) is 0.778. The number of ether oxygens (including phenoxy) is 1. The topological polar surface area (TPSA) is 51.2 Å². The van der Waals surface area contributed by atoms with Gasteiger partial charge in [0, 0.05) is 16.6 Å². The normalized spacial score (nSPS) is 11.9. The summed E-state index contributed by atoms with van der Waals surface area (Å²) in [5.74, 6) is 0.305. The van der Waals surface area contributed by atoms with E-state index in [0.717, 1.165) is 10.9 Å². The van der Waals surface area contributed by atoms with E-state index in [1.807, 2.05) is 30.3 Å². The molecule has 4 nitrogen and oxygen atoms in total. The molecule has 0 saturated carbocycles. The van der Waals surface area contributed by atoms with E-state index in [9.17, 15) is 4.79 Å². The van der Waals surface area contributed by atoms with Gasteiger partial charge in [0.05, 0.1) is 11.2 Å². The Morgan fingerprint density at radius 3 is 2.78 bits per heavy atom. The average Bonchev–Trinajstić information content (AvgIpc) is 2.55. The number of hydrogen-bond donors (Lipinski definition) is 1. The summed E-state index contributed by atoms with van der Waals surface area (Å²) in [6.07, 6.45) is 1.04. The zero-order chi connectivity index (χ0) is 16.2. The SMILES string of the molecule is C[C@H](Oc1cccc(Cl)c1)C(=O)Nc1cccc2cccnc12. The van der Waals surface area contributed by atoms with Gasteiger partial charge in [0.2, 0.25) is 0 Å². The van der Waals surface area contributed by atoms with E-state index >= 15 is 0 Å². The summed E-state index contributed by atoms with van der Waals surface area (Å²) in [6, 6.07) is 16.4. The second-order valence-corrected chi connectivity index (χ2v) is 5.52. The summed E-state index contributed by atoms with van der Waals surface area (Å²) in [5.41, 5.74) is 1.41. The Morgan fingerprint density at radius 1 is 1.17 bits per heavy atom. The molecular weight excluding hydrogens is 312 g/mol. The van der Waals surface area contributed by atoms with Gasteiger partial charge in [-0.3, -0.25) is 9.78 Å². The van der Waals surface area contributed by atoms with Crippen LogP contribution < -0.4 is 10.1 Å². The molecule has 1 amide bonds. The van der Waals surface area contributed by atoms with Crippen molar-refractivity contribution in [3.05, 3.63) is 65.8 Å². The molecule has 0 fully saturated rings. The first kappa shape index (κ1) is 15.3. The van der Waals surface area contributed by atoms with Crippen molar-refractivity contribution in [3.8, 4) is 5.75 Å².